The molecule has 0 spiro atoms. The van der Waals surface area contributed by atoms with Crippen LogP contribution in [0.5, 0.6) is 0 Å². The van der Waals surface area contributed by atoms with E-state index in [9.17, 15) is 10.1 Å². The first-order chi connectivity index (χ1) is 11.8. The van der Waals surface area contributed by atoms with E-state index in [1.165, 1.54) is 23.9 Å². The fraction of sp³-hybridized carbons (Fsp3) is 0.438. The molecule has 2 aromatic rings. The molecule has 24 heavy (non-hydrogen) atoms. The average Bonchev–Trinajstić information content (AvgIpc) is 3.33. The highest BCUT2D eigenvalue weighted by molar-refractivity contribution is 5.94. The number of aromatic nitrogens is 4. The van der Waals surface area contributed by atoms with E-state index in [1.807, 2.05) is 12.1 Å². The zero-order valence-electron chi connectivity index (χ0n) is 13.1. The Morgan fingerprint density at radius 2 is 2.17 bits per heavy atom. The molecule has 1 aliphatic heterocycles. The van der Waals surface area contributed by atoms with Crippen molar-refractivity contribution in [2.24, 2.45) is 0 Å². The number of benzene rings is 1. The van der Waals surface area contributed by atoms with Crippen molar-refractivity contribution in [3.05, 3.63) is 36.2 Å². The molecule has 0 N–H and O–H groups in total. The predicted molar refractivity (Wildman–Crippen MR) is 84.2 cm³/mol. The summed E-state index contributed by atoms with van der Waals surface area (Å²) in [6.45, 7) is 1.88. The van der Waals surface area contributed by atoms with E-state index >= 15 is 0 Å². The van der Waals surface area contributed by atoms with Crippen LogP contribution in [-0.4, -0.2) is 67.6 Å². The van der Waals surface area contributed by atoms with Crippen LogP contribution in [0.4, 0.5) is 0 Å². The second kappa shape index (κ2) is 6.02. The SMILES string of the molecule is N#CC1CN(C(=O)c2cccc(-n3cnnn3)c2)CCN1C1CC1. The van der Waals surface area contributed by atoms with Gasteiger partial charge in [-0.05, 0) is 41.5 Å². The lowest BCUT2D eigenvalue weighted by atomic mass is 10.1. The van der Waals surface area contributed by atoms with Gasteiger partial charge in [0.2, 0.25) is 0 Å². The van der Waals surface area contributed by atoms with Crippen molar-refractivity contribution in [1.29, 1.82) is 5.26 Å². The van der Waals surface area contributed by atoms with Gasteiger partial charge >= 0.3 is 0 Å². The zero-order chi connectivity index (χ0) is 16.5. The molecule has 1 unspecified atom stereocenters. The molecule has 1 amide bonds. The minimum absolute atomic E-state index is 0.0550. The molecule has 0 radical (unpaired) electrons. The third kappa shape index (κ3) is 2.74. The maximum absolute atomic E-state index is 12.8. The lowest BCUT2D eigenvalue weighted by Crippen LogP contribution is -2.54. The molecule has 1 atom stereocenters. The number of hydrogen-bond acceptors (Lipinski definition) is 6. The van der Waals surface area contributed by atoms with Gasteiger partial charge in [-0.2, -0.15) is 5.26 Å². The molecule has 2 fully saturated rings. The molecule has 8 nitrogen and oxygen atoms in total. The second-order valence-electron chi connectivity index (χ2n) is 6.17. The van der Waals surface area contributed by atoms with Crippen LogP contribution in [0, 0.1) is 11.3 Å². The third-order valence-corrected chi connectivity index (χ3v) is 4.58. The summed E-state index contributed by atoms with van der Waals surface area (Å²) >= 11 is 0. The molecule has 0 bridgehead atoms. The Bertz CT molecular complexity index is 778. The Hall–Kier alpha value is -2.79. The Kier molecular flexibility index (Phi) is 3.70. The second-order valence-corrected chi connectivity index (χ2v) is 6.17. The van der Waals surface area contributed by atoms with Crippen molar-refractivity contribution in [2.45, 2.75) is 24.9 Å². The van der Waals surface area contributed by atoms with Crippen molar-refractivity contribution in [2.75, 3.05) is 19.6 Å². The summed E-state index contributed by atoms with van der Waals surface area (Å²) in [5.41, 5.74) is 1.32. The quantitative estimate of drug-likeness (QED) is 0.816. The minimum Gasteiger partial charge on any atom is -0.335 e. The van der Waals surface area contributed by atoms with Crippen LogP contribution in [0.1, 0.15) is 23.2 Å². The molecule has 1 aliphatic carbocycles. The van der Waals surface area contributed by atoms with Crippen LogP contribution in [0.2, 0.25) is 0 Å². The summed E-state index contributed by atoms with van der Waals surface area (Å²) in [6, 6.07) is 9.88. The Labute approximate surface area is 139 Å². The normalized spacial score (nSPS) is 21.5. The highest BCUT2D eigenvalue weighted by Crippen LogP contribution is 2.30. The van der Waals surface area contributed by atoms with Crippen molar-refractivity contribution in [3.63, 3.8) is 0 Å². The molecule has 4 rings (SSSR count). The summed E-state index contributed by atoms with van der Waals surface area (Å²) in [4.78, 5) is 16.8. The van der Waals surface area contributed by atoms with Gasteiger partial charge in [0, 0.05) is 31.2 Å². The van der Waals surface area contributed by atoms with E-state index in [1.54, 1.807) is 17.0 Å². The van der Waals surface area contributed by atoms with Crippen molar-refractivity contribution in [3.8, 4) is 11.8 Å². The van der Waals surface area contributed by atoms with Gasteiger partial charge in [-0.25, -0.2) is 4.68 Å². The molecule has 1 aromatic carbocycles. The largest absolute Gasteiger partial charge is 0.335 e. The van der Waals surface area contributed by atoms with Gasteiger partial charge in [0.25, 0.3) is 5.91 Å². The number of amides is 1. The number of tetrazole rings is 1. The molecule has 1 aromatic heterocycles. The van der Waals surface area contributed by atoms with Crippen molar-refractivity contribution >= 4 is 5.91 Å². The van der Waals surface area contributed by atoms with E-state index in [-0.39, 0.29) is 11.9 Å². The molecule has 8 heteroatoms. The highest BCUT2D eigenvalue weighted by Gasteiger charge is 2.38. The summed E-state index contributed by atoms with van der Waals surface area (Å²) in [6.07, 6.45) is 3.82. The van der Waals surface area contributed by atoms with E-state index in [0.717, 1.165) is 12.2 Å². The number of carbonyl (C=O) groups is 1. The minimum atomic E-state index is -0.210. The van der Waals surface area contributed by atoms with Crippen molar-refractivity contribution in [1.82, 2.24) is 30.0 Å². The third-order valence-electron chi connectivity index (χ3n) is 4.58. The van der Waals surface area contributed by atoms with Gasteiger partial charge in [0.1, 0.15) is 12.4 Å². The number of carbonyl (C=O) groups excluding carboxylic acids is 1. The van der Waals surface area contributed by atoms with Crippen LogP contribution in [0.15, 0.2) is 30.6 Å². The lowest BCUT2D eigenvalue weighted by Gasteiger charge is -2.38. The van der Waals surface area contributed by atoms with E-state index < -0.39 is 0 Å². The average molecular weight is 323 g/mol. The number of hydrogen-bond donors (Lipinski definition) is 0. The number of rotatable bonds is 3. The summed E-state index contributed by atoms with van der Waals surface area (Å²) in [5.74, 6) is -0.0550. The zero-order valence-corrected chi connectivity index (χ0v) is 13.1. The molecule has 1 saturated carbocycles. The molecular weight excluding hydrogens is 306 g/mol. The van der Waals surface area contributed by atoms with Crippen LogP contribution < -0.4 is 0 Å². The van der Waals surface area contributed by atoms with Gasteiger partial charge in [0.05, 0.1) is 11.8 Å². The van der Waals surface area contributed by atoms with Crippen LogP contribution in [0.25, 0.3) is 5.69 Å². The topological polar surface area (TPSA) is 90.9 Å². The maximum atomic E-state index is 12.8. The highest BCUT2D eigenvalue weighted by atomic mass is 16.2. The van der Waals surface area contributed by atoms with E-state index in [0.29, 0.717) is 24.7 Å². The monoisotopic (exact) mass is 323 g/mol. The molecule has 2 heterocycles. The Morgan fingerprint density at radius 3 is 2.88 bits per heavy atom. The van der Waals surface area contributed by atoms with E-state index in [2.05, 4.69) is 26.5 Å². The molecular formula is C16H17N7O. The van der Waals surface area contributed by atoms with Gasteiger partial charge < -0.3 is 4.90 Å². The van der Waals surface area contributed by atoms with Crippen LogP contribution in [-0.2, 0) is 0 Å². The summed E-state index contributed by atoms with van der Waals surface area (Å²) in [7, 11) is 0. The van der Waals surface area contributed by atoms with Crippen LogP contribution in [0.3, 0.4) is 0 Å². The smallest absolute Gasteiger partial charge is 0.254 e. The van der Waals surface area contributed by atoms with Gasteiger partial charge in [-0.15, -0.1) is 5.10 Å². The lowest BCUT2D eigenvalue weighted by molar-refractivity contribution is 0.0550. The maximum Gasteiger partial charge on any atom is 0.254 e. The fourth-order valence-corrected chi connectivity index (χ4v) is 3.18. The van der Waals surface area contributed by atoms with Gasteiger partial charge in [-0.1, -0.05) is 6.07 Å². The van der Waals surface area contributed by atoms with Crippen molar-refractivity contribution < 1.29 is 4.79 Å². The first-order valence-electron chi connectivity index (χ1n) is 8.04. The summed E-state index contributed by atoms with van der Waals surface area (Å²) < 4.78 is 1.51. The van der Waals surface area contributed by atoms with Gasteiger partial charge in [-0.3, -0.25) is 9.69 Å². The predicted octanol–water partition coefficient (Wildman–Crippen LogP) is 0.475. The molecule has 2 aliphatic rings. The number of piperazine rings is 1. The number of nitriles is 1. The standard InChI is InChI=1S/C16H17N7O/c17-9-15-10-21(6-7-22(15)13-4-5-13)16(24)12-2-1-3-14(8-12)23-11-18-19-20-23/h1-3,8,11,13,15H,4-7,10H2. The molecule has 122 valence electrons. The first kappa shape index (κ1) is 14.8. The van der Waals surface area contributed by atoms with Crippen LogP contribution >= 0.6 is 0 Å². The van der Waals surface area contributed by atoms with Gasteiger partial charge in [0.15, 0.2) is 0 Å². The van der Waals surface area contributed by atoms with E-state index in [4.69, 9.17) is 0 Å². The Morgan fingerprint density at radius 1 is 1.29 bits per heavy atom. The summed E-state index contributed by atoms with van der Waals surface area (Å²) in [5, 5.41) is 20.5. The fourth-order valence-electron chi connectivity index (χ4n) is 3.18. The molecule has 1 saturated heterocycles. The number of nitrogens with zero attached hydrogens (tertiary/aromatic N) is 7. The first-order valence-corrected chi connectivity index (χ1v) is 8.04. The Balaban J connectivity index is 1.52.